The average Bonchev–Trinajstić information content (AvgIpc) is 2.70. The van der Waals surface area contributed by atoms with Crippen LogP contribution in [0.4, 0.5) is 5.69 Å². The van der Waals surface area contributed by atoms with E-state index in [1.807, 2.05) is 36.1 Å². The quantitative estimate of drug-likeness (QED) is 0.783. The summed E-state index contributed by atoms with van der Waals surface area (Å²) in [4.78, 5) is 25.3. The molecule has 1 fully saturated rings. The van der Waals surface area contributed by atoms with Crippen LogP contribution in [0.1, 0.15) is 42.9 Å². The van der Waals surface area contributed by atoms with Crippen molar-refractivity contribution in [3.8, 4) is 5.88 Å². The van der Waals surface area contributed by atoms with Gasteiger partial charge >= 0.3 is 0 Å². The molecule has 1 aromatic heterocycles. The second-order valence-electron chi connectivity index (χ2n) is 6.77. The first-order valence-corrected chi connectivity index (χ1v) is 9.71. The Morgan fingerprint density at radius 1 is 1.15 bits per heavy atom. The lowest BCUT2D eigenvalue weighted by molar-refractivity contribution is 0.0587. The van der Waals surface area contributed by atoms with Gasteiger partial charge in [-0.05, 0) is 45.0 Å². The summed E-state index contributed by atoms with van der Waals surface area (Å²) in [5.41, 5.74) is 1.90. The fourth-order valence-electron chi connectivity index (χ4n) is 3.43. The Morgan fingerprint density at radius 3 is 2.41 bits per heavy atom. The van der Waals surface area contributed by atoms with Crippen molar-refractivity contribution in [2.75, 3.05) is 31.1 Å². The number of piperidine rings is 1. The van der Waals surface area contributed by atoms with Crippen LogP contribution in [0.25, 0.3) is 0 Å². The lowest BCUT2D eigenvalue weighted by atomic mass is 10.1. The van der Waals surface area contributed by atoms with Gasteiger partial charge in [-0.1, -0.05) is 0 Å². The number of carbonyl (C=O) groups is 1. The van der Waals surface area contributed by atoms with Gasteiger partial charge in [-0.15, -0.1) is 0 Å². The number of amides is 1. The fourth-order valence-corrected chi connectivity index (χ4v) is 3.43. The minimum Gasteiger partial charge on any atom is -0.474 e. The predicted molar refractivity (Wildman–Crippen MR) is 106 cm³/mol. The molecule has 0 unspecified atom stereocenters. The Labute approximate surface area is 161 Å². The van der Waals surface area contributed by atoms with E-state index >= 15 is 0 Å². The highest BCUT2D eigenvalue weighted by molar-refractivity contribution is 5.94. The smallest absolute Gasteiger partial charge is 0.253 e. The highest BCUT2D eigenvalue weighted by atomic mass is 16.5. The zero-order valence-corrected chi connectivity index (χ0v) is 16.4. The van der Waals surface area contributed by atoms with Crippen LogP contribution in [0.15, 0.2) is 36.5 Å². The van der Waals surface area contributed by atoms with Crippen molar-refractivity contribution in [3.63, 3.8) is 0 Å². The van der Waals surface area contributed by atoms with Gasteiger partial charge in [0.1, 0.15) is 11.9 Å². The molecule has 2 heterocycles. The largest absolute Gasteiger partial charge is 0.474 e. The van der Waals surface area contributed by atoms with Crippen molar-refractivity contribution in [1.82, 2.24) is 14.9 Å². The van der Waals surface area contributed by atoms with E-state index in [2.05, 4.69) is 28.7 Å². The number of anilines is 1. The molecule has 3 rings (SSSR count). The van der Waals surface area contributed by atoms with E-state index in [1.165, 1.54) is 0 Å². The van der Waals surface area contributed by atoms with Crippen molar-refractivity contribution in [2.45, 2.75) is 39.7 Å². The summed E-state index contributed by atoms with van der Waals surface area (Å²) in [5.74, 6) is 1.41. The Morgan fingerprint density at radius 2 is 1.81 bits per heavy atom. The third-order valence-electron chi connectivity index (χ3n) is 5.01. The predicted octanol–water partition coefficient (Wildman–Crippen LogP) is 3.31. The van der Waals surface area contributed by atoms with Crippen molar-refractivity contribution >= 4 is 11.6 Å². The molecule has 1 aliphatic heterocycles. The van der Waals surface area contributed by atoms with E-state index in [-0.39, 0.29) is 12.0 Å². The van der Waals surface area contributed by atoms with Gasteiger partial charge in [-0.2, -0.15) is 4.98 Å². The topological polar surface area (TPSA) is 58.6 Å². The molecule has 27 heavy (non-hydrogen) atoms. The molecule has 0 saturated carbocycles. The molecule has 2 aromatic rings. The van der Waals surface area contributed by atoms with Crippen molar-refractivity contribution < 1.29 is 9.53 Å². The summed E-state index contributed by atoms with van der Waals surface area (Å²) in [6.07, 6.45) is 3.42. The second kappa shape index (κ2) is 8.84. The molecule has 0 spiro atoms. The molecule has 1 aliphatic rings. The number of hydrogen-bond donors (Lipinski definition) is 0. The highest BCUT2D eigenvalue weighted by Gasteiger charge is 2.25. The molecule has 1 amide bonds. The number of benzene rings is 1. The van der Waals surface area contributed by atoms with Crippen LogP contribution in [-0.2, 0) is 0 Å². The minimum absolute atomic E-state index is 0.0911. The van der Waals surface area contributed by atoms with E-state index in [0.717, 1.165) is 37.2 Å². The van der Waals surface area contributed by atoms with Crippen LogP contribution in [-0.4, -0.2) is 53.1 Å². The maximum Gasteiger partial charge on any atom is 0.253 e. The Kier molecular flexibility index (Phi) is 6.27. The lowest BCUT2D eigenvalue weighted by Crippen LogP contribution is -2.41. The molecule has 1 saturated heterocycles. The number of hydrogen-bond acceptors (Lipinski definition) is 5. The van der Waals surface area contributed by atoms with E-state index in [1.54, 1.807) is 12.3 Å². The van der Waals surface area contributed by atoms with Gasteiger partial charge in [-0.25, -0.2) is 4.98 Å². The molecule has 0 aliphatic carbocycles. The normalized spacial score (nSPS) is 14.9. The van der Waals surface area contributed by atoms with Crippen LogP contribution in [0.2, 0.25) is 0 Å². The second-order valence-corrected chi connectivity index (χ2v) is 6.77. The molecule has 0 bridgehead atoms. The van der Waals surface area contributed by atoms with E-state index in [0.29, 0.717) is 24.8 Å². The summed E-state index contributed by atoms with van der Waals surface area (Å²) in [7, 11) is 0. The van der Waals surface area contributed by atoms with Crippen LogP contribution >= 0.6 is 0 Å². The first-order chi connectivity index (χ1) is 13.1. The van der Waals surface area contributed by atoms with Crippen molar-refractivity contribution in [1.29, 1.82) is 0 Å². The van der Waals surface area contributed by atoms with Gasteiger partial charge in [0.15, 0.2) is 0 Å². The molecule has 0 N–H and O–H groups in total. The van der Waals surface area contributed by atoms with Gasteiger partial charge in [0.05, 0.1) is 0 Å². The van der Waals surface area contributed by atoms with Gasteiger partial charge < -0.3 is 14.5 Å². The Hall–Kier alpha value is -2.63. The standard InChI is InChI=1S/C21H28N4O2/c1-4-24(5-2)18-8-6-17(7-9-18)21(26)25-14-11-19(12-15-25)27-20-10-13-22-16(3)23-20/h6-10,13,19H,4-5,11-12,14-15H2,1-3H3. The summed E-state index contributed by atoms with van der Waals surface area (Å²) >= 11 is 0. The molecular formula is C21H28N4O2. The Bertz CT molecular complexity index is 751. The van der Waals surface area contributed by atoms with E-state index < -0.39 is 0 Å². The number of aromatic nitrogens is 2. The maximum absolute atomic E-state index is 12.8. The number of rotatable bonds is 6. The number of aryl methyl sites for hydroxylation is 1. The summed E-state index contributed by atoms with van der Waals surface area (Å²) in [6, 6.07) is 9.72. The molecule has 1 aromatic carbocycles. The molecule has 6 heteroatoms. The third-order valence-corrected chi connectivity index (χ3v) is 5.01. The molecular weight excluding hydrogens is 340 g/mol. The first-order valence-electron chi connectivity index (χ1n) is 9.71. The SMILES string of the molecule is CCN(CC)c1ccc(C(=O)N2CCC(Oc3ccnc(C)n3)CC2)cc1. The van der Waals surface area contributed by atoms with Gasteiger partial charge in [-0.3, -0.25) is 4.79 Å². The Balaban J connectivity index is 1.55. The number of nitrogens with zero attached hydrogens (tertiary/aromatic N) is 4. The van der Waals surface area contributed by atoms with Crippen molar-refractivity contribution in [2.24, 2.45) is 0 Å². The van der Waals surface area contributed by atoms with E-state index in [4.69, 9.17) is 4.74 Å². The molecule has 0 radical (unpaired) electrons. The zero-order valence-electron chi connectivity index (χ0n) is 16.4. The maximum atomic E-state index is 12.8. The lowest BCUT2D eigenvalue weighted by Gasteiger charge is -2.32. The number of carbonyl (C=O) groups excluding carboxylic acids is 1. The summed E-state index contributed by atoms with van der Waals surface area (Å²) in [5, 5.41) is 0. The van der Waals surface area contributed by atoms with Gasteiger partial charge in [0.25, 0.3) is 5.91 Å². The van der Waals surface area contributed by atoms with Crippen LogP contribution in [0, 0.1) is 6.92 Å². The van der Waals surface area contributed by atoms with Crippen LogP contribution < -0.4 is 9.64 Å². The van der Waals surface area contributed by atoms with E-state index in [9.17, 15) is 4.79 Å². The molecule has 0 atom stereocenters. The van der Waals surface area contributed by atoms with Crippen LogP contribution in [0.3, 0.4) is 0 Å². The summed E-state index contributed by atoms with van der Waals surface area (Å²) < 4.78 is 5.94. The summed E-state index contributed by atoms with van der Waals surface area (Å²) in [6.45, 7) is 9.44. The molecule has 144 valence electrons. The molecule has 6 nitrogen and oxygen atoms in total. The minimum atomic E-state index is 0.0911. The first kappa shape index (κ1) is 19.1. The van der Waals surface area contributed by atoms with Crippen LogP contribution in [0.5, 0.6) is 5.88 Å². The fraction of sp³-hybridized carbons (Fsp3) is 0.476. The number of ether oxygens (including phenoxy) is 1. The third kappa shape index (κ3) is 4.76. The van der Waals surface area contributed by atoms with Crippen molar-refractivity contribution in [3.05, 3.63) is 47.9 Å². The average molecular weight is 368 g/mol. The van der Waals surface area contributed by atoms with Gasteiger partial charge in [0, 0.05) is 62.5 Å². The zero-order chi connectivity index (χ0) is 19.2. The highest BCUT2D eigenvalue weighted by Crippen LogP contribution is 2.20. The number of likely N-dealkylation sites (tertiary alicyclic amines) is 1. The monoisotopic (exact) mass is 368 g/mol. The van der Waals surface area contributed by atoms with Gasteiger partial charge in [0.2, 0.25) is 5.88 Å².